The van der Waals surface area contributed by atoms with Crippen LogP contribution >= 0.6 is 0 Å². The number of hydrogen-bond acceptors (Lipinski definition) is 3. The molecule has 0 rings (SSSR count). The Balaban J connectivity index is 4.83. The quantitative estimate of drug-likeness (QED) is 0.383. The molecule has 0 aromatic rings. The van der Waals surface area contributed by atoms with Crippen molar-refractivity contribution in [2.75, 3.05) is 6.23 Å². The van der Waals surface area contributed by atoms with Crippen LogP contribution in [0, 0.1) is 0 Å². The van der Waals surface area contributed by atoms with Gasteiger partial charge in [0.2, 0.25) is 0 Å². The topological polar surface area (TPSA) is 35.5 Å². The van der Waals surface area contributed by atoms with Crippen molar-refractivity contribution >= 4 is 23.3 Å². The van der Waals surface area contributed by atoms with Gasteiger partial charge in [-0.25, -0.2) is 4.79 Å². The normalized spacial score (nSPS) is 13.9. The Bertz CT molecular complexity index is 316. The first-order valence-corrected chi connectivity index (χ1v) is 12.1. The van der Waals surface area contributed by atoms with Crippen molar-refractivity contribution in [3.8, 4) is 0 Å². The van der Waals surface area contributed by atoms with Crippen molar-refractivity contribution in [3.05, 3.63) is 12.2 Å². The average molecular weight is 317 g/mol. The molecule has 0 spiro atoms. The highest BCUT2D eigenvalue weighted by molar-refractivity contribution is 6.83. The van der Waals surface area contributed by atoms with Gasteiger partial charge in [0, 0.05) is 5.57 Å². The molecule has 3 nitrogen and oxygen atoms in total. The lowest BCUT2D eigenvalue weighted by atomic mass is 10.4. The Morgan fingerprint density at radius 1 is 1.10 bits per heavy atom. The van der Waals surface area contributed by atoms with Crippen LogP contribution in [-0.2, 0) is 13.6 Å². The summed E-state index contributed by atoms with van der Waals surface area (Å²) in [5.41, 5.74) is 2.14. The predicted molar refractivity (Wildman–Crippen MR) is 90.9 cm³/mol. The third kappa shape index (κ3) is 4.86. The van der Waals surface area contributed by atoms with Gasteiger partial charge in [-0.2, -0.15) is 0 Å². The van der Waals surface area contributed by atoms with Gasteiger partial charge in [-0.3, -0.25) is 0 Å². The molecule has 0 aromatic carbocycles. The number of ether oxygens (including phenoxy) is 1. The molecule has 0 bridgehead atoms. The molecule has 0 aliphatic heterocycles. The third-order valence-corrected chi connectivity index (χ3v) is 13.2. The maximum absolute atomic E-state index is 11.5. The lowest BCUT2D eigenvalue weighted by molar-refractivity contribution is -0.137. The van der Waals surface area contributed by atoms with Gasteiger partial charge < -0.3 is 8.85 Å². The largest absolute Gasteiger partial charge is 0.464 e. The molecule has 0 saturated carbocycles. The highest BCUT2D eigenvalue weighted by Crippen LogP contribution is 2.42. The van der Waals surface area contributed by atoms with E-state index in [0.717, 1.165) is 0 Å². The first kappa shape index (κ1) is 19.6. The first-order valence-electron chi connectivity index (χ1n) is 7.56. The average Bonchev–Trinajstić information content (AvgIpc) is 2.31. The summed E-state index contributed by atoms with van der Waals surface area (Å²) < 4.78 is 11.9. The summed E-state index contributed by atoms with van der Waals surface area (Å²) in [6, 6.07) is 0. The smallest absolute Gasteiger partial charge is 0.332 e. The van der Waals surface area contributed by atoms with E-state index in [9.17, 15) is 4.79 Å². The van der Waals surface area contributed by atoms with E-state index in [4.69, 9.17) is 8.85 Å². The maximum atomic E-state index is 11.5. The molecule has 0 aromatic heterocycles. The summed E-state index contributed by atoms with van der Waals surface area (Å²) in [6.07, 6.45) is 0.437. The Morgan fingerprint density at radius 3 is 1.80 bits per heavy atom. The van der Waals surface area contributed by atoms with Gasteiger partial charge in [-0.15, -0.1) is 0 Å². The van der Waals surface area contributed by atoms with Crippen LogP contribution in [0.4, 0.5) is 0 Å². The van der Waals surface area contributed by atoms with E-state index >= 15 is 0 Å². The maximum Gasteiger partial charge on any atom is 0.332 e. The van der Waals surface area contributed by atoms with Crippen molar-refractivity contribution in [2.45, 2.75) is 71.6 Å². The third-order valence-electron chi connectivity index (χ3n) is 3.91. The van der Waals surface area contributed by atoms with Crippen molar-refractivity contribution in [1.82, 2.24) is 0 Å². The lowest BCUT2D eigenvalue weighted by Crippen LogP contribution is -2.51. The minimum atomic E-state index is -1.84. The zero-order chi connectivity index (χ0) is 16.1. The number of rotatable bonds is 8. The van der Waals surface area contributed by atoms with Crippen LogP contribution in [0.1, 0.15) is 48.5 Å². The number of carbonyl (C=O) groups is 1. The van der Waals surface area contributed by atoms with Gasteiger partial charge in [0.05, 0.1) is 0 Å². The van der Waals surface area contributed by atoms with Gasteiger partial charge in [-0.1, -0.05) is 48.1 Å². The summed E-state index contributed by atoms with van der Waals surface area (Å²) >= 11 is 0. The summed E-state index contributed by atoms with van der Waals surface area (Å²) in [5, 5.41) is 0. The zero-order valence-electron chi connectivity index (χ0n) is 14.4. The van der Waals surface area contributed by atoms with Crippen LogP contribution in [0.5, 0.6) is 0 Å². The second-order valence-corrected chi connectivity index (χ2v) is 14.7. The molecule has 20 heavy (non-hydrogen) atoms. The standard InChI is InChI=1S/C15H32O3Si2/c1-11(2)15(16)17-10-19(9)18-20(12(3)4,13(5)6)14(7)8/h12-14,19H,1,10H2,2-9H3. The molecular weight excluding hydrogens is 284 g/mol. The number of esters is 1. The predicted octanol–water partition coefficient (Wildman–Crippen LogP) is 4.19. The molecule has 0 aliphatic carbocycles. The SMILES string of the molecule is C=C(C)C(=O)OC[SiH](C)O[Si](C(C)C)(C(C)C)C(C)C. The Morgan fingerprint density at radius 2 is 1.50 bits per heavy atom. The Hall–Kier alpha value is -0.396. The zero-order valence-corrected chi connectivity index (χ0v) is 16.6. The summed E-state index contributed by atoms with van der Waals surface area (Å²) in [6.45, 7) is 21.0. The van der Waals surface area contributed by atoms with E-state index in [0.29, 0.717) is 28.4 Å². The molecule has 0 radical (unpaired) electrons. The minimum absolute atomic E-state index is 0.307. The van der Waals surface area contributed by atoms with E-state index in [1.807, 2.05) is 0 Å². The molecule has 0 heterocycles. The molecule has 0 N–H and O–H groups in total. The van der Waals surface area contributed by atoms with Crippen molar-refractivity contribution in [1.29, 1.82) is 0 Å². The number of carbonyl (C=O) groups excluding carboxylic acids is 1. The van der Waals surface area contributed by atoms with Crippen LogP contribution in [0.2, 0.25) is 23.2 Å². The van der Waals surface area contributed by atoms with Gasteiger partial charge >= 0.3 is 5.97 Å². The van der Waals surface area contributed by atoms with Crippen LogP contribution in [0.15, 0.2) is 12.2 Å². The van der Waals surface area contributed by atoms with Crippen LogP contribution in [0.3, 0.4) is 0 Å². The highest BCUT2D eigenvalue weighted by Gasteiger charge is 2.45. The molecule has 0 fully saturated rings. The van der Waals surface area contributed by atoms with Crippen LogP contribution in [-0.4, -0.2) is 29.6 Å². The highest BCUT2D eigenvalue weighted by atomic mass is 28.4. The van der Waals surface area contributed by atoms with E-state index in [2.05, 4.69) is 54.7 Å². The van der Waals surface area contributed by atoms with Crippen molar-refractivity contribution in [2.24, 2.45) is 0 Å². The summed E-state index contributed by atoms with van der Waals surface area (Å²) in [4.78, 5) is 11.5. The molecule has 1 unspecified atom stereocenters. The van der Waals surface area contributed by atoms with Gasteiger partial charge in [0.1, 0.15) is 6.23 Å². The second-order valence-electron chi connectivity index (χ2n) is 6.62. The molecule has 0 aliphatic rings. The lowest BCUT2D eigenvalue weighted by Gasteiger charge is -2.44. The summed E-state index contributed by atoms with van der Waals surface area (Å²) in [5.74, 6) is -0.307. The number of hydrogen-bond donors (Lipinski definition) is 0. The first-order chi connectivity index (χ1) is 9.05. The fourth-order valence-electron chi connectivity index (χ4n) is 3.11. The van der Waals surface area contributed by atoms with Gasteiger partial charge in [0.25, 0.3) is 0 Å². The summed E-state index contributed by atoms with van der Waals surface area (Å²) in [7, 11) is -3.36. The van der Waals surface area contributed by atoms with Gasteiger partial charge in [-0.05, 0) is 30.1 Å². The molecule has 118 valence electrons. The Labute approximate surface area is 127 Å². The van der Waals surface area contributed by atoms with Crippen LogP contribution in [0.25, 0.3) is 0 Å². The molecule has 0 saturated heterocycles. The molecule has 1 atom stereocenters. The molecular formula is C15H32O3Si2. The monoisotopic (exact) mass is 316 g/mol. The second kappa shape index (κ2) is 8.15. The van der Waals surface area contributed by atoms with Crippen molar-refractivity contribution in [3.63, 3.8) is 0 Å². The minimum Gasteiger partial charge on any atom is -0.464 e. The van der Waals surface area contributed by atoms with Crippen LogP contribution < -0.4 is 0 Å². The van der Waals surface area contributed by atoms with E-state index in [-0.39, 0.29) is 5.97 Å². The molecule has 0 amide bonds. The molecule has 5 heteroatoms. The fourth-order valence-corrected chi connectivity index (χ4v) is 13.8. The van der Waals surface area contributed by atoms with Crippen molar-refractivity contribution < 1.29 is 13.6 Å². The Kier molecular flexibility index (Phi) is 7.98. The van der Waals surface area contributed by atoms with Gasteiger partial charge in [0.15, 0.2) is 17.4 Å². The van der Waals surface area contributed by atoms with E-state index in [1.165, 1.54) is 0 Å². The van der Waals surface area contributed by atoms with E-state index < -0.39 is 17.4 Å². The fraction of sp³-hybridized carbons (Fsp3) is 0.800. The van der Waals surface area contributed by atoms with E-state index in [1.54, 1.807) is 6.92 Å².